The summed E-state index contributed by atoms with van der Waals surface area (Å²) < 4.78 is 0. The number of aryl methyl sites for hydroxylation is 1. The molecule has 1 saturated carbocycles. The molecule has 0 saturated heterocycles. The summed E-state index contributed by atoms with van der Waals surface area (Å²) >= 11 is 0. The number of aliphatic carboxylic acids is 1. The highest BCUT2D eigenvalue weighted by Crippen LogP contribution is 2.30. The molecule has 4 nitrogen and oxygen atoms in total. The highest BCUT2D eigenvalue weighted by atomic mass is 16.4. The third-order valence-corrected chi connectivity index (χ3v) is 3.61. The van der Waals surface area contributed by atoms with E-state index >= 15 is 0 Å². The van der Waals surface area contributed by atoms with E-state index in [0.717, 1.165) is 23.7 Å². The van der Waals surface area contributed by atoms with Crippen molar-refractivity contribution in [2.45, 2.75) is 26.7 Å². The van der Waals surface area contributed by atoms with Crippen LogP contribution >= 0.6 is 0 Å². The number of hydrogen-bond acceptors (Lipinski definition) is 2. The van der Waals surface area contributed by atoms with Gasteiger partial charge >= 0.3 is 5.97 Å². The average Bonchev–Trinajstić information content (AvgIpc) is 3.25. The number of carbonyl (C=O) groups is 2. The second-order valence-corrected chi connectivity index (χ2v) is 5.59. The quantitative estimate of drug-likeness (QED) is 0.818. The Bertz CT molecular complexity index is 573. The van der Waals surface area contributed by atoms with Gasteiger partial charge in [0.2, 0.25) is 0 Å². The van der Waals surface area contributed by atoms with E-state index in [0.29, 0.717) is 18.0 Å². The van der Waals surface area contributed by atoms with Gasteiger partial charge in [0, 0.05) is 24.7 Å². The third-order valence-electron chi connectivity index (χ3n) is 3.61. The molecule has 0 aromatic heterocycles. The van der Waals surface area contributed by atoms with Gasteiger partial charge < -0.3 is 10.0 Å². The van der Waals surface area contributed by atoms with Crippen LogP contribution in [0, 0.1) is 12.8 Å². The van der Waals surface area contributed by atoms with Crippen molar-refractivity contribution in [3.8, 4) is 0 Å². The molecule has 21 heavy (non-hydrogen) atoms. The number of rotatable bonds is 6. The molecule has 1 aliphatic rings. The van der Waals surface area contributed by atoms with Gasteiger partial charge in [-0.2, -0.15) is 0 Å². The predicted octanol–water partition coefficient (Wildman–Crippen LogP) is 2.96. The van der Waals surface area contributed by atoms with Crippen molar-refractivity contribution in [1.29, 1.82) is 0 Å². The van der Waals surface area contributed by atoms with Crippen LogP contribution in [0.3, 0.4) is 0 Å². The van der Waals surface area contributed by atoms with Crippen molar-refractivity contribution < 1.29 is 14.7 Å². The second kappa shape index (κ2) is 6.57. The Hall–Kier alpha value is -2.10. The molecule has 4 heteroatoms. The smallest absolute Gasteiger partial charge is 0.328 e. The van der Waals surface area contributed by atoms with E-state index < -0.39 is 5.97 Å². The summed E-state index contributed by atoms with van der Waals surface area (Å²) in [4.78, 5) is 25.0. The molecule has 112 valence electrons. The van der Waals surface area contributed by atoms with Gasteiger partial charge in [-0.25, -0.2) is 4.79 Å². The van der Waals surface area contributed by atoms with Gasteiger partial charge in [0.15, 0.2) is 0 Å². The molecule has 0 unspecified atom stereocenters. The van der Waals surface area contributed by atoms with Gasteiger partial charge in [0.25, 0.3) is 5.91 Å². The van der Waals surface area contributed by atoms with Gasteiger partial charge in [-0.3, -0.25) is 4.79 Å². The monoisotopic (exact) mass is 287 g/mol. The SMILES string of the molecule is CCN(CC1CC1)C(=O)c1cc(C)cc(/C=C/C(=O)O)c1. The molecule has 1 fully saturated rings. The molecule has 0 radical (unpaired) electrons. The number of carbonyl (C=O) groups excluding carboxylic acids is 1. The lowest BCUT2D eigenvalue weighted by molar-refractivity contribution is -0.131. The Kier molecular flexibility index (Phi) is 4.78. The van der Waals surface area contributed by atoms with Crippen LogP contribution in [0.5, 0.6) is 0 Å². The lowest BCUT2D eigenvalue weighted by atomic mass is 10.0. The summed E-state index contributed by atoms with van der Waals surface area (Å²) in [5, 5.41) is 8.69. The van der Waals surface area contributed by atoms with E-state index in [1.807, 2.05) is 30.9 Å². The van der Waals surface area contributed by atoms with Crippen molar-refractivity contribution in [1.82, 2.24) is 4.90 Å². The van der Waals surface area contributed by atoms with E-state index in [1.165, 1.54) is 18.9 Å². The number of carboxylic acid groups (broad SMARTS) is 1. The molecule has 0 aliphatic heterocycles. The average molecular weight is 287 g/mol. The zero-order valence-corrected chi connectivity index (χ0v) is 12.5. The van der Waals surface area contributed by atoms with Gasteiger partial charge in [-0.15, -0.1) is 0 Å². The topological polar surface area (TPSA) is 57.6 Å². The molecule has 0 bridgehead atoms. The van der Waals surface area contributed by atoms with Crippen LogP contribution in [0.25, 0.3) is 6.08 Å². The van der Waals surface area contributed by atoms with E-state index in [-0.39, 0.29) is 5.91 Å². The van der Waals surface area contributed by atoms with Crippen molar-refractivity contribution in [2.24, 2.45) is 5.92 Å². The van der Waals surface area contributed by atoms with Crippen LogP contribution in [0.1, 0.15) is 41.3 Å². The predicted molar refractivity (Wildman–Crippen MR) is 82.2 cm³/mol. The lowest BCUT2D eigenvalue weighted by Crippen LogP contribution is -2.32. The maximum Gasteiger partial charge on any atom is 0.328 e. The Balaban J connectivity index is 2.20. The Morgan fingerprint density at radius 1 is 1.33 bits per heavy atom. The summed E-state index contributed by atoms with van der Waals surface area (Å²) in [6, 6.07) is 5.48. The second-order valence-electron chi connectivity index (χ2n) is 5.59. The summed E-state index contributed by atoms with van der Waals surface area (Å²) in [5.74, 6) is -0.309. The van der Waals surface area contributed by atoms with Crippen LogP contribution in [0.15, 0.2) is 24.3 Å². The van der Waals surface area contributed by atoms with Crippen LogP contribution in [-0.2, 0) is 4.79 Å². The van der Waals surface area contributed by atoms with Crippen molar-refractivity contribution >= 4 is 18.0 Å². The highest BCUT2D eigenvalue weighted by Gasteiger charge is 2.26. The number of benzene rings is 1. The van der Waals surface area contributed by atoms with Gasteiger partial charge in [0.1, 0.15) is 0 Å². The van der Waals surface area contributed by atoms with Crippen LogP contribution in [-0.4, -0.2) is 35.0 Å². The number of nitrogens with zero attached hydrogens (tertiary/aromatic N) is 1. The first kappa shape index (κ1) is 15.3. The first-order chi connectivity index (χ1) is 9.99. The first-order valence-electron chi connectivity index (χ1n) is 7.31. The van der Waals surface area contributed by atoms with Gasteiger partial charge in [0.05, 0.1) is 0 Å². The summed E-state index contributed by atoms with van der Waals surface area (Å²) in [6.45, 7) is 5.42. The largest absolute Gasteiger partial charge is 0.478 e. The molecule has 2 rings (SSSR count). The minimum Gasteiger partial charge on any atom is -0.478 e. The fourth-order valence-electron chi connectivity index (χ4n) is 2.35. The normalized spacial score (nSPS) is 14.4. The standard InChI is InChI=1S/C17H21NO3/c1-3-18(11-13-4-5-13)17(21)15-9-12(2)8-14(10-15)6-7-16(19)20/h6-10,13H,3-5,11H2,1-2H3,(H,19,20)/b7-6+. The van der Waals surface area contributed by atoms with Crippen molar-refractivity contribution in [3.05, 3.63) is 41.0 Å². The minimum absolute atomic E-state index is 0.0260. The summed E-state index contributed by atoms with van der Waals surface area (Å²) in [5.41, 5.74) is 2.32. The molecule has 1 N–H and O–H groups in total. The van der Waals surface area contributed by atoms with Crippen LogP contribution < -0.4 is 0 Å². The molecule has 1 aliphatic carbocycles. The molecule has 1 amide bonds. The zero-order valence-electron chi connectivity index (χ0n) is 12.5. The van der Waals surface area contributed by atoms with Crippen molar-refractivity contribution in [3.63, 3.8) is 0 Å². The van der Waals surface area contributed by atoms with E-state index in [4.69, 9.17) is 5.11 Å². The fraction of sp³-hybridized carbons (Fsp3) is 0.412. The molecule has 1 aromatic rings. The molecule has 1 aromatic carbocycles. The Morgan fingerprint density at radius 3 is 2.62 bits per heavy atom. The maximum absolute atomic E-state index is 12.6. The van der Waals surface area contributed by atoms with Crippen molar-refractivity contribution in [2.75, 3.05) is 13.1 Å². The minimum atomic E-state index is -0.992. The highest BCUT2D eigenvalue weighted by molar-refractivity contribution is 5.95. The third kappa shape index (κ3) is 4.45. The molecular formula is C17H21NO3. The van der Waals surface area contributed by atoms with Gasteiger partial charge in [-0.05, 0) is 61.9 Å². The molecule has 0 atom stereocenters. The van der Waals surface area contributed by atoms with Crippen LogP contribution in [0.4, 0.5) is 0 Å². The molecule has 0 heterocycles. The summed E-state index contributed by atoms with van der Waals surface area (Å²) in [7, 11) is 0. The fourth-order valence-corrected chi connectivity index (χ4v) is 2.35. The number of amides is 1. The Morgan fingerprint density at radius 2 is 2.05 bits per heavy atom. The van der Waals surface area contributed by atoms with Crippen LogP contribution in [0.2, 0.25) is 0 Å². The lowest BCUT2D eigenvalue weighted by Gasteiger charge is -2.21. The van der Waals surface area contributed by atoms with E-state index in [2.05, 4.69) is 0 Å². The van der Waals surface area contributed by atoms with Gasteiger partial charge in [-0.1, -0.05) is 6.07 Å². The summed E-state index contributed by atoms with van der Waals surface area (Å²) in [6.07, 6.45) is 5.03. The maximum atomic E-state index is 12.6. The Labute approximate surface area is 125 Å². The molecular weight excluding hydrogens is 266 g/mol. The molecule has 0 spiro atoms. The number of carboxylic acids is 1. The first-order valence-corrected chi connectivity index (χ1v) is 7.31. The number of hydrogen-bond donors (Lipinski definition) is 1. The van der Waals surface area contributed by atoms with E-state index in [1.54, 1.807) is 6.07 Å². The van der Waals surface area contributed by atoms with E-state index in [9.17, 15) is 9.59 Å². The zero-order chi connectivity index (χ0) is 15.4.